The summed E-state index contributed by atoms with van der Waals surface area (Å²) in [5.41, 5.74) is 1.47. The van der Waals surface area contributed by atoms with Crippen LogP contribution in [0.15, 0.2) is 28.8 Å². The Bertz CT molecular complexity index is 662. The molecular weight excluding hydrogens is 270 g/mol. The molecule has 0 spiro atoms. The van der Waals surface area contributed by atoms with Crippen molar-refractivity contribution in [3.05, 3.63) is 46.0 Å². The lowest BCUT2D eigenvalue weighted by Crippen LogP contribution is -2.19. The first kappa shape index (κ1) is 13.8. The summed E-state index contributed by atoms with van der Waals surface area (Å²) in [6, 6.07) is 5.63. The zero-order valence-electron chi connectivity index (χ0n) is 11.8. The Labute approximate surface area is 122 Å². The van der Waals surface area contributed by atoms with E-state index >= 15 is 0 Å². The maximum Gasteiger partial charge on any atom is 0.280 e. The summed E-state index contributed by atoms with van der Waals surface area (Å²) < 4.78 is 5.66. The van der Waals surface area contributed by atoms with Gasteiger partial charge in [-0.2, -0.15) is 0 Å². The van der Waals surface area contributed by atoms with Gasteiger partial charge in [0.2, 0.25) is 0 Å². The molecule has 1 aromatic heterocycles. The van der Waals surface area contributed by atoms with Crippen molar-refractivity contribution in [3.63, 3.8) is 0 Å². The standard InChI is InChI=1S/C15H17N3O3/c1-10-2-5-13(18(19)20)12(8-10)14-9-17-15(21-14)6-7-16-11-3-4-11/h2,5,8-9,11,16H,3-4,6-7H2,1H3. The molecule has 6 nitrogen and oxygen atoms in total. The summed E-state index contributed by atoms with van der Waals surface area (Å²) in [4.78, 5) is 14.9. The first-order valence-corrected chi connectivity index (χ1v) is 7.07. The van der Waals surface area contributed by atoms with E-state index in [1.165, 1.54) is 18.9 Å². The Morgan fingerprint density at radius 3 is 3.00 bits per heavy atom. The van der Waals surface area contributed by atoms with E-state index in [2.05, 4.69) is 10.3 Å². The highest BCUT2D eigenvalue weighted by Crippen LogP contribution is 2.31. The Balaban J connectivity index is 1.78. The molecule has 0 aliphatic heterocycles. The minimum absolute atomic E-state index is 0.0411. The van der Waals surface area contributed by atoms with E-state index in [1.807, 2.05) is 6.92 Å². The number of nitrogens with zero attached hydrogens (tertiary/aromatic N) is 2. The summed E-state index contributed by atoms with van der Waals surface area (Å²) in [5, 5.41) is 14.5. The van der Waals surface area contributed by atoms with E-state index in [0.29, 0.717) is 29.7 Å². The van der Waals surface area contributed by atoms with Crippen LogP contribution in [-0.2, 0) is 6.42 Å². The molecule has 0 saturated heterocycles. The molecule has 0 atom stereocenters. The minimum Gasteiger partial charge on any atom is -0.440 e. The molecule has 110 valence electrons. The van der Waals surface area contributed by atoms with E-state index in [9.17, 15) is 10.1 Å². The fourth-order valence-electron chi connectivity index (χ4n) is 2.23. The maximum atomic E-state index is 11.1. The number of benzene rings is 1. The fourth-order valence-corrected chi connectivity index (χ4v) is 2.23. The van der Waals surface area contributed by atoms with Crippen LogP contribution in [0, 0.1) is 17.0 Å². The highest BCUT2D eigenvalue weighted by atomic mass is 16.6. The van der Waals surface area contributed by atoms with Crippen LogP contribution in [-0.4, -0.2) is 22.5 Å². The van der Waals surface area contributed by atoms with Gasteiger partial charge in [0.1, 0.15) is 0 Å². The molecule has 3 rings (SSSR count). The molecule has 1 aliphatic rings. The predicted octanol–water partition coefficient (Wildman–Crippen LogP) is 2.85. The molecule has 1 heterocycles. The molecule has 2 aromatic rings. The van der Waals surface area contributed by atoms with E-state index in [-0.39, 0.29) is 5.69 Å². The van der Waals surface area contributed by atoms with E-state index in [0.717, 1.165) is 12.1 Å². The molecule has 0 unspecified atom stereocenters. The van der Waals surface area contributed by atoms with Crippen LogP contribution in [0.4, 0.5) is 5.69 Å². The SMILES string of the molecule is Cc1ccc([N+](=O)[O-])c(-c2cnc(CCNC3CC3)o2)c1. The third kappa shape index (κ3) is 3.28. The summed E-state index contributed by atoms with van der Waals surface area (Å²) >= 11 is 0. The molecule has 21 heavy (non-hydrogen) atoms. The number of nitrogens with one attached hydrogen (secondary N) is 1. The molecule has 6 heteroatoms. The fraction of sp³-hybridized carbons (Fsp3) is 0.400. The van der Waals surface area contributed by atoms with Crippen molar-refractivity contribution >= 4 is 5.69 Å². The van der Waals surface area contributed by atoms with Gasteiger partial charge in [0.25, 0.3) is 5.69 Å². The van der Waals surface area contributed by atoms with Gasteiger partial charge >= 0.3 is 0 Å². The number of hydrogen-bond donors (Lipinski definition) is 1. The summed E-state index contributed by atoms with van der Waals surface area (Å²) in [6.07, 6.45) is 4.74. The topological polar surface area (TPSA) is 81.2 Å². The molecule has 1 N–H and O–H groups in total. The first-order valence-electron chi connectivity index (χ1n) is 7.07. The number of nitro groups is 1. The third-order valence-corrected chi connectivity index (χ3v) is 3.52. The quantitative estimate of drug-likeness (QED) is 0.652. The lowest BCUT2D eigenvalue weighted by molar-refractivity contribution is -0.384. The second-order valence-corrected chi connectivity index (χ2v) is 5.37. The van der Waals surface area contributed by atoms with Crippen molar-refractivity contribution in [2.75, 3.05) is 6.54 Å². The van der Waals surface area contributed by atoms with Gasteiger partial charge in [0.15, 0.2) is 11.7 Å². The van der Waals surface area contributed by atoms with Crippen molar-refractivity contribution in [1.82, 2.24) is 10.3 Å². The van der Waals surface area contributed by atoms with Gasteiger partial charge in [-0.3, -0.25) is 10.1 Å². The van der Waals surface area contributed by atoms with E-state index in [1.54, 1.807) is 18.3 Å². The second kappa shape index (κ2) is 5.65. The number of oxazole rings is 1. The summed E-state index contributed by atoms with van der Waals surface area (Å²) in [5.74, 6) is 1.06. The van der Waals surface area contributed by atoms with Gasteiger partial charge in [-0.05, 0) is 31.4 Å². The molecular formula is C15H17N3O3. The number of nitro benzene ring substituents is 1. The van der Waals surface area contributed by atoms with Gasteiger partial charge in [-0.15, -0.1) is 0 Å². The highest BCUT2D eigenvalue weighted by molar-refractivity contribution is 5.69. The lowest BCUT2D eigenvalue weighted by Gasteiger charge is -2.01. The Hall–Kier alpha value is -2.21. The van der Waals surface area contributed by atoms with Crippen LogP contribution in [0.25, 0.3) is 11.3 Å². The zero-order chi connectivity index (χ0) is 14.8. The van der Waals surface area contributed by atoms with E-state index < -0.39 is 4.92 Å². The van der Waals surface area contributed by atoms with Crippen molar-refractivity contribution in [2.45, 2.75) is 32.2 Å². The van der Waals surface area contributed by atoms with Crippen LogP contribution < -0.4 is 5.32 Å². The molecule has 1 aliphatic carbocycles. The van der Waals surface area contributed by atoms with Crippen molar-refractivity contribution in [2.24, 2.45) is 0 Å². The maximum absolute atomic E-state index is 11.1. The van der Waals surface area contributed by atoms with Crippen LogP contribution in [0.1, 0.15) is 24.3 Å². The van der Waals surface area contributed by atoms with Gasteiger partial charge in [-0.1, -0.05) is 6.07 Å². The monoisotopic (exact) mass is 287 g/mol. The van der Waals surface area contributed by atoms with Crippen LogP contribution >= 0.6 is 0 Å². The van der Waals surface area contributed by atoms with Gasteiger partial charge < -0.3 is 9.73 Å². The number of rotatable bonds is 6. The third-order valence-electron chi connectivity index (χ3n) is 3.52. The summed E-state index contributed by atoms with van der Waals surface area (Å²) in [6.45, 7) is 2.71. The Morgan fingerprint density at radius 2 is 2.29 bits per heavy atom. The van der Waals surface area contributed by atoms with Crippen LogP contribution in [0.2, 0.25) is 0 Å². The van der Waals surface area contributed by atoms with E-state index in [4.69, 9.17) is 4.42 Å². The zero-order valence-corrected chi connectivity index (χ0v) is 11.8. The summed E-state index contributed by atoms with van der Waals surface area (Å²) in [7, 11) is 0. The minimum atomic E-state index is -0.397. The van der Waals surface area contributed by atoms with Crippen LogP contribution in [0.5, 0.6) is 0 Å². The Kier molecular flexibility index (Phi) is 3.70. The number of aryl methyl sites for hydroxylation is 1. The van der Waals surface area contributed by atoms with Crippen LogP contribution in [0.3, 0.4) is 0 Å². The van der Waals surface area contributed by atoms with Gasteiger partial charge in [0.05, 0.1) is 16.7 Å². The number of hydrogen-bond acceptors (Lipinski definition) is 5. The number of aromatic nitrogens is 1. The average molecular weight is 287 g/mol. The second-order valence-electron chi connectivity index (χ2n) is 5.37. The Morgan fingerprint density at radius 1 is 1.48 bits per heavy atom. The van der Waals surface area contributed by atoms with Gasteiger partial charge in [0, 0.05) is 25.1 Å². The van der Waals surface area contributed by atoms with Crippen molar-refractivity contribution < 1.29 is 9.34 Å². The normalized spacial score (nSPS) is 14.3. The molecule has 1 aromatic carbocycles. The van der Waals surface area contributed by atoms with Gasteiger partial charge in [-0.25, -0.2) is 4.98 Å². The average Bonchev–Trinajstić information content (AvgIpc) is 3.14. The molecule has 0 bridgehead atoms. The first-order chi connectivity index (χ1) is 10.1. The predicted molar refractivity (Wildman–Crippen MR) is 78.1 cm³/mol. The lowest BCUT2D eigenvalue weighted by atomic mass is 10.1. The van der Waals surface area contributed by atoms with Crippen molar-refractivity contribution in [1.29, 1.82) is 0 Å². The molecule has 1 saturated carbocycles. The molecule has 0 amide bonds. The van der Waals surface area contributed by atoms with Crippen molar-refractivity contribution in [3.8, 4) is 11.3 Å². The molecule has 0 radical (unpaired) electrons. The highest BCUT2D eigenvalue weighted by Gasteiger charge is 2.21. The largest absolute Gasteiger partial charge is 0.440 e. The smallest absolute Gasteiger partial charge is 0.280 e. The molecule has 1 fully saturated rings.